The predicted octanol–water partition coefficient (Wildman–Crippen LogP) is 3.22. The molecular formula is C20H21ClN2O4. The van der Waals surface area contributed by atoms with E-state index in [1.807, 2.05) is 6.92 Å². The molecule has 0 bridgehead atoms. The van der Waals surface area contributed by atoms with Crippen LogP contribution < -0.4 is 10.1 Å². The molecule has 0 radical (unpaired) electrons. The fraction of sp³-hybridized carbons (Fsp3) is 0.300. The van der Waals surface area contributed by atoms with Gasteiger partial charge in [-0.1, -0.05) is 11.6 Å². The second kappa shape index (κ2) is 8.88. The number of carbonyl (C=O) groups is 2. The number of rotatable bonds is 5. The van der Waals surface area contributed by atoms with Gasteiger partial charge in [-0.2, -0.15) is 0 Å². The average Bonchev–Trinajstić information content (AvgIpc) is 2.67. The number of benzene rings is 2. The average molecular weight is 389 g/mol. The molecule has 1 atom stereocenters. The largest absolute Gasteiger partial charge is 0.484 e. The fourth-order valence-electron chi connectivity index (χ4n) is 2.76. The lowest BCUT2D eigenvalue weighted by atomic mass is 10.1. The van der Waals surface area contributed by atoms with Crippen molar-refractivity contribution >= 4 is 29.1 Å². The number of hydrogen-bond acceptors (Lipinski definition) is 4. The molecule has 7 heteroatoms. The molecule has 2 amide bonds. The van der Waals surface area contributed by atoms with E-state index in [1.54, 1.807) is 53.4 Å². The molecule has 1 fully saturated rings. The van der Waals surface area contributed by atoms with E-state index in [-0.39, 0.29) is 24.5 Å². The number of ether oxygens (including phenoxy) is 2. The molecule has 1 saturated heterocycles. The maximum Gasteiger partial charge on any atom is 0.262 e. The Hall–Kier alpha value is -2.57. The van der Waals surface area contributed by atoms with Gasteiger partial charge in [0.2, 0.25) is 0 Å². The third-order valence-electron chi connectivity index (χ3n) is 4.13. The van der Waals surface area contributed by atoms with Gasteiger partial charge in [0, 0.05) is 29.4 Å². The van der Waals surface area contributed by atoms with E-state index in [4.69, 9.17) is 21.1 Å². The highest BCUT2D eigenvalue weighted by Crippen LogP contribution is 2.16. The van der Waals surface area contributed by atoms with Crippen molar-refractivity contribution in [3.8, 4) is 5.75 Å². The summed E-state index contributed by atoms with van der Waals surface area (Å²) in [5.41, 5.74) is 1.19. The van der Waals surface area contributed by atoms with Crippen molar-refractivity contribution in [2.75, 3.05) is 31.6 Å². The van der Waals surface area contributed by atoms with Gasteiger partial charge >= 0.3 is 0 Å². The number of hydrogen-bond donors (Lipinski definition) is 1. The van der Waals surface area contributed by atoms with Crippen molar-refractivity contribution in [3.63, 3.8) is 0 Å². The second-order valence-corrected chi connectivity index (χ2v) is 6.74. The Labute approximate surface area is 163 Å². The number of amides is 2. The molecule has 142 valence electrons. The van der Waals surface area contributed by atoms with Gasteiger partial charge < -0.3 is 19.7 Å². The van der Waals surface area contributed by atoms with Gasteiger partial charge in [-0.15, -0.1) is 0 Å². The molecule has 0 spiro atoms. The molecule has 0 saturated carbocycles. The number of nitrogens with zero attached hydrogens (tertiary/aromatic N) is 1. The van der Waals surface area contributed by atoms with Gasteiger partial charge in [-0.3, -0.25) is 9.59 Å². The molecule has 1 unspecified atom stereocenters. The van der Waals surface area contributed by atoms with Gasteiger partial charge in [-0.05, 0) is 55.5 Å². The quantitative estimate of drug-likeness (QED) is 0.854. The summed E-state index contributed by atoms with van der Waals surface area (Å²) in [5.74, 6) is 0.246. The Morgan fingerprint density at radius 1 is 1.19 bits per heavy atom. The van der Waals surface area contributed by atoms with Crippen LogP contribution in [0.3, 0.4) is 0 Å². The van der Waals surface area contributed by atoms with E-state index in [2.05, 4.69) is 5.32 Å². The van der Waals surface area contributed by atoms with E-state index >= 15 is 0 Å². The van der Waals surface area contributed by atoms with Crippen molar-refractivity contribution in [2.45, 2.75) is 13.0 Å². The highest BCUT2D eigenvalue weighted by atomic mass is 35.5. The van der Waals surface area contributed by atoms with Crippen molar-refractivity contribution in [1.29, 1.82) is 0 Å². The summed E-state index contributed by atoms with van der Waals surface area (Å²) in [6, 6.07) is 13.6. The Morgan fingerprint density at radius 3 is 2.56 bits per heavy atom. The summed E-state index contributed by atoms with van der Waals surface area (Å²) < 4.78 is 10.9. The zero-order valence-corrected chi connectivity index (χ0v) is 15.7. The number of nitrogens with one attached hydrogen (secondary N) is 1. The van der Waals surface area contributed by atoms with Crippen molar-refractivity contribution in [3.05, 3.63) is 59.1 Å². The minimum Gasteiger partial charge on any atom is -0.484 e. The molecule has 2 aromatic rings. The van der Waals surface area contributed by atoms with Crippen LogP contribution in [0.15, 0.2) is 48.5 Å². The Morgan fingerprint density at radius 2 is 1.89 bits per heavy atom. The standard InChI is InChI=1S/C20H21ClN2O4/c1-14-12-23(10-11-26-14)20(25)15-2-6-17(7-3-15)22-19(24)13-27-18-8-4-16(21)5-9-18/h2-9,14H,10-13H2,1H3,(H,22,24). The third kappa shape index (κ3) is 5.45. The minimum atomic E-state index is -0.286. The highest BCUT2D eigenvalue weighted by molar-refractivity contribution is 6.30. The lowest BCUT2D eigenvalue weighted by molar-refractivity contribution is -0.118. The van der Waals surface area contributed by atoms with Crippen LogP contribution in [0.5, 0.6) is 5.75 Å². The first-order valence-corrected chi connectivity index (χ1v) is 9.08. The van der Waals surface area contributed by atoms with Crippen LogP contribution in [-0.4, -0.2) is 49.1 Å². The van der Waals surface area contributed by atoms with Gasteiger partial charge in [0.05, 0.1) is 12.7 Å². The summed E-state index contributed by atoms with van der Waals surface area (Å²) >= 11 is 5.81. The summed E-state index contributed by atoms with van der Waals surface area (Å²) in [5, 5.41) is 3.35. The molecule has 2 aromatic carbocycles. The molecule has 1 heterocycles. The first-order chi connectivity index (χ1) is 13.0. The zero-order chi connectivity index (χ0) is 19.2. The highest BCUT2D eigenvalue weighted by Gasteiger charge is 2.22. The molecule has 0 aromatic heterocycles. The van der Waals surface area contributed by atoms with Gasteiger partial charge in [0.15, 0.2) is 6.61 Å². The number of anilines is 1. The molecule has 3 rings (SSSR count). The SMILES string of the molecule is CC1CN(C(=O)c2ccc(NC(=O)COc3ccc(Cl)cc3)cc2)CCO1. The number of carbonyl (C=O) groups excluding carboxylic acids is 2. The van der Waals surface area contributed by atoms with Crippen LogP contribution in [0.1, 0.15) is 17.3 Å². The van der Waals surface area contributed by atoms with Crippen molar-refractivity contribution in [1.82, 2.24) is 4.90 Å². The van der Waals surface area contributed by atoms with E-state index in [9.17, 15) is 9.59 Å². The van der Waals surface area contributed by atoms with Crippen LogP contribution in [0.25, 0.3) is 0 Å². The third-order valence-corrected chi connectivity index (χ3v) is 4.38. The lowest BCUT2D eigenvalue weighted by Gasteiger charge is -2.31. The van der Waals surface area contributed by atoms with E-state index in [0.717, 1.165) is 0 Å². The first kappa shape index (κ1) is 19.2. The molecule has 1 aliphatic rings. The zero-order valence-electron chi connectivity index (χ0n) is 15.0. The molecule has 1 N–H and O–H groups in total. The smallest absolute Gasteiger partial charge is 0.262 e. The van der Waals surface area contributed by atoms with Gasteiger partial charge in [0.1, 0.15) is 5.75 Å². The van der Waals surface area contributed by atoms with Crippen molar-refractivity contribution < 1.29 is 19.1 Å². The van der Waals surface area contributed by atoms with Crippen LogP contribution >= 0.6 is 11.6 Å². The Balaban J connectivity index is 1.51. The molecular weight excluding hydrogens is 368 g/mol. The minimum absolute atomic E-state index is 0.0332. The van der Waals surface area contributed by atoms with Crippen LogP contribution in [0.4, 0.5) is 5.69 Å². The maximum atomic E-state index is 12.5. The Bertz CT molecular complexity index is 793. The summed E-state index contributed by atoms with van der Waals surface area (Å²) in [7, 11) is 0. The molecule has 1 aliphatic heterocycles. The van der Waals surface area contributed by atoms with Gasteiger partial charge in [0.25, 0.3) is 11.8 Å². The fourth-order valence-corrected chi connectivity index (χ4v) is 2.88. The maximum absolute atomic E-state index is 12.5. The second-order valence-electron chi connectivity index (χ2n) is 6.30. The molecule has 27 heavy (non-hydrogen) atoms. The van der Waals surface area contributed by atoms with Gasteiger partial charge in [-0.25, -0.2) is 0 Å². The first-order valence-electron chi connectivity index (χ1n) is 8.70. The van der Waals surface area contributed by atoms with E-state index in [0.29, 0.717) is 41.7 Å². The summed E-state index contributed by atoms with van der Waals surface area (Å²) in [6.45, 7) is 3.55. The summed E-state index contributed by atoms with van der Waals surface area (Å²) in [4.78, 5) is 26.3. The number of halogens is 1. The predicted molar refractivity (Wildman–Crippen MR) is 103 cm³/mol. The topological polar surface area (TPSA) is 67.9 Å². The van der Waals surface area contributed by atoms with Crippen LogP contribution in [0, 0.1) is 0 Å². The summed E-state index contributed by atoms with van der Waals surface area (Å²) in [6.07, 6.45) is 0.0434. The van der Waals surface area contributed by atoms with Crippen LogP contribution in [0.2, 0.25) is 5.02 Å². The normalized spacial score (nSPS) is 16.7. The monoisotopic (exact) mass is 388 g/mol. The molecule has 0 aliphatic carbocycles. The molecule has 6 nitrogen and oxygen atoms in total. The number of morpholine rings is 1. The van der Waals surface area contributed by atoms with Crippen LogP contribution in [-0.2, 0) is 9.53 Å². The van der Waals surface area contributed by atoms with Crippen molar-refractivity contribution in [2.24, 2.45) is 0 Å². The lowest BCUT2D eigenvalue weighted by Crippen LogP contribution is -2.44. The Kier molecular flexibility index (Phi) is 6.32. The van der Waals surface area contributed by atoms with E-state index in [1.165, 1.54) is 0 Å². The van der Waals surface area contributed by atoms with E-state index < -0.39 is 0 Å².